The molecule has 15 heteroatoms. The molecule has 0 N–H and O–H groups in total. The fraction of sp³-hybridized carbons (Fsp3) is 0.154. The minimum Gasteiger partial charge on any atom is -0.258 e. The first-order chi connectivity index (χ1) is 12.7. The van der Waals surface area contributed by atoms with Crippen molar-refractivity contribution < 1.29 is 36.2 Å². The molecule has 1 aromatic heterocycles. The van der Waals surface area contributed by atoms with E-state index >= 15 is 0 Å². The average molecular weight is 448 g/mol. The minimum atomic E-state index is -5.11. The van der Waals surface area contributed by atoms with Crippen molar-refractivity contribution in [1.82, 2.24) is 4.98 Å². The monoisotopic (exact) mass is 447 g/mol. The zero-order chi connectivity index (χ0) is 21.4. The number of hydrogen-bond donors (Lipinski definition) is 0. The number of halogens is 7. The summed E-state index contributed by atoms with van der Waals surface area (Å²) in [7, 11) is 0. The first-order valence-corrected chi connectivity index (χ1v) is 7.86. The van der Waals surface area contributed by atoms with Gasteiger partial charge in [0.05, 0.1) is 26.0 Å². The predicted molar refractivity (Wildman–Crippen MR) is 83.1 cm³/mol. The van der Waals surface area contributed by atoms with Gasteiger partial charge in [0.1, 0.15) is 5.03 Å². The van der Waals surface area contributed by atoms with E-state index in [-0.39, 0.29) is 23.9 Å². The molecular formula is C13H4ClF6N3O4S. The van der Waals surface area contributed by atoms with E-state index in [1.54, 1.807) is 0 Å². The molecule has 0 atom stereocenters. The van der Waals surface area contributed by atoms with Gasteiger partial charge in [-0.15, -0.1) is 0 Å². The van der Waals surface area contributed by atoms with Crippen LogP contribution in [0.15, 0.2) is 34.3 Å². The maximum absolute atomic E-state index is 12.9. The molecule has 0 aliphatic carbocycles. The van der Waals surface area contributed by atoms with Crippen LogP contribution in [0.25, 0.3) is 0 Å². The van der Waals surface area contributed by atoms with Crippen molar-refractivity contribution in [3.05, 3.63) is 60.8 Å². The van der Waals surface area contributed by atoms with E-state index in [0.29, 0.717) is 12.3 Å². The zero-order valence-corrected chi connectivity index (χ0v) is 14.4. The van der Waals surface area contributed by atoms with E-state index < -0.39 is 59.6 Å². The standard InChI is InChI=1S/C13H4ClF6N3O4S/c14-7-1-6(13(18,19)20)4-21-11(7)28-10-8(22(24)25)2-5(12(15,16)17)3-9(10)23(26)27/h1-4H. The highest BCUT2D eigenvalue weighted by Gasteiger charge is 2.38. The number of nitrogens with zero attached hydrogens (tertiary/aromatic N) is 3. The van der Waals surface area contributed by atoms with Crippen LogP contribution in [0.2, 0.25) is 5.02 Å². The van der Waals surface area contributed by atoms with Gasteiger partial charge in [-0.25, -0.2) is 4.98 Å². The Morgan fingerprint density at radius 1 is 0.893 bits per heavy atom. The number of alkyl halides is 6. The Bertz CT molecular complexity index is 931. The fourth-order valence-electron chi connectivity index (χ4n) is 1.89. The van der Waals surface area contributed by atoms with Gasteiger partial charge >= 0.3 is 12.4 Å². The van der Waals surface area contributed by atoms with Gasteiger partial charge in [-0.2, -0.15) is 26.3 Å². The minimum absolute atomic E-state index is 0.0767. The van der Waals surface area contributed by atoms with Gasteiger partial charge in [-0.05, 0) is 6.07 Å². The van der Waals surface area contributed by atoms with Crippen LogP contribution in [0.1, 0.15) is 11.1 Å². The van der Waals surface area contributed by atoms with Crippen LogP contribution >= 0.6 is 23.4 Å². The predicted octanol–water partition coefficient (Wildman–Crippen LogP) is 5.74. The highest BCUT2D eigenvalue weighted by atomic mass is 35.5. The van der Waals surface area contributed by atoms with Crippen molar-refractivity contribution in [3.8, 4) is 0 Å². The van der Waals surface area contributed by atoms with Gasteiger partial charge in [0.15, 0.2) is 4.90 Å². The Morgan fingerprint density at radius 3 is 1.71 bits per heavy atom. The second-order valence-electron chi connectivity index (χ2n) is 4.97. The molecule has 0 saturated carbocycles. The number of nitro groups is 2. The maximum Gasteiger partial charge on any atom is 0.417 e. The van der Waals surface area contributed by atoms with Crippen molar-refractivity contribution >= 4 is 34.7 Å². The lowest BCUT2D eigenvalue weighted by atomic mass is 10.1. The smallest absolute Gasteiger partial charge is 0.258 e. The number of hydrogen-bond acceptors (Lipinski definition) is 6. The van der Waals surface area contributed by atoms with Gasteiger partial charge in [0, 0.05) is 18.3 Å². The van der Waals surface area contributed by atoms with Crippen LogP contribution in [0.4, 0.5) is 37.7 Å². The number of aromatic nitrogens is 1. The summed E-state index contributed by atoms with van der Waals surface area (Å²) in [5, 5.41) is 21.1. The Labute approximate surface area is 159 Å². The molecule has 0 aliphatic heterocycles. The molecule has 0 radical (unpaired) electrons. The highest BCUT2D eigenvalue weighted by molar-refractivity contribution is 7.99. The number of pyridine rings is 1. The van der Waals surface area contributed by atoms with Crippen LogP contribution < -0.4 is 0 Å². The van der Waals surface area contributed by atoms with E-state index in [1.165, 1.54) is 0 Å². The molecule has 1 heterocycles. The van der Waals surface area contributed by atoms with Gasteiger partial charge in [-0.1, -0.05) is 23.4 Å². The maximum atomic E-state index is 12.9. The quantitative estimate of drug-likeness (QED) is 0.336. The van der Waals surface area contributed by atoms with E-state index in [9.17, 15) is 46.6 Å². The summed E-state index contributed by atoms with van der Waals surface area (Å²) in [5.74, 6) is 0. The lowest BCUT2D eigenvalue weighted by molar-refractivity contribution is -0.400. The first kappa shape index (κ1) is 21.7. The van der Waals surface area contributed by atoms with Crippen LogP contribution in [0.5, 0.6) is 0 Å². The van der Waals surface area contributed by atoms with E-state index in [4.69, 9.17) is 11.6 Å². The molecule has 0 spiro atoms. The summed E-state index contributed by atoms with van der Waals surface area (Å²) in [6.45, 7) is 0. The summed E-state index contributed by atoms with van der Waals surface area (Å²) in [4.78, 5) is 22.2. The third-order valence-corrected chi connectivity index (χ3v) is 4.65. The van der Waals surface area contributed by atoms with Crippen LogP contribution in [-0.2, 0) is 12.4 Å². The van der Waals surface area contributed by atoms with Gasteiger partial charge in [-0.3, -0.25) is 20.2 Å². The molecule has 0 fully saturated rings. The summed E-state index contributed by atoms with van der Waals surface area (Å²) in [6, 6.07) is 0.583. The molecule has 1 aromatic carbocycles. The molecule has 150 valence electrons. The summed E-state index contributed by atoms with van der Waals surface area (Å²) < 4.78 is 76.5. The Hall–Kier alpha value is -2.61. The Morgan fingerprint density at radius 2 is 1.36 bits per heavy atom. The second kappa shape index (κ2) is 7.43. The number of rotatable bonds is 4. The van der Waals surface area contributed by atoms with E-state index in [2.05, 4.69) is 4.98 Å². The largest absolute Gasteiger partial charge is 0.417 e. The third-order valence-electron chi connectivity index (χ3n) is 3.10. The van der Waals surface area contributed by atoms with Crippen molar-refractivity contribution in [1.29, 1.82) is 0 Å². The van der Waals surface area contributed by atoms with Crippen molar-refractivity contribution in [2.24, 2.45) is 0 Å². The molecule has 0 unspecified atom stereocenters. The van der Waals surface area contributed by atoms with E-state index in [0.717, 1.165) is 0 Å². The van der Waals surface area contributed by atoms with Crippen molar-refractivity contribution in [2.75, 3.05) is 0 Å². The number of nitro benzene ring substituents is 2. The molecule has 2 aromatic rings. The first-order valence-electron chi connectivity index (χ1n) is 6.66. The molecule has 0 aliphatic rings. The zero-order valence-electron chi connectivity index (χ0n) is 12.8. The lowest BCUT2D eigenvalue weighted by Crippen LogP contribution is -2.08. The SMILES string of the molecule is O=[N+]([O-])c1cc(C(F)(F)F)cc([N+](=O)[O-])c1Sc1ncc(C(F)(F)F)cc1Cl. The van der Waals surface area contributed by atoms with Crippen LogP contribution in [0, 0.1) is 20.2 Å². The van der Waals surface area contributed by atoms with Crippen LogP contribution in [-0.4, -0.2) is 14.8 Å². The molecular weight excluding hydrogens is 444 g/mol. The van der Waals surface area contributed by atoms with Crippen LogP contribution in [0.3, 0.4) is 0 Å². The average Bonchev–Trinajstić information content (AvgIpc) is 2.54. The summed E-state index contributed by atoms with van der Waals surface area (Å²) in [6.07, 6.45) is -9.58. The molecule has 0 bridgehead atoms. The summed E-state index contributed by atoms with van der Waals surface area (Å²) in [5.41, 5.74) is -5.44. The molecule has 7 nitrogen and oxygen atoms in total. The van der Waals surface area contributed by atoms with E-state index in [1.807, 2.05) is 0 Å². The van der Waals surface area contributed by atoms with Crippen molar-refractivity contribution in [3.63, 3.8) is 0 Å². The van der Waals surface area contributed by atoms with Gasteiger partial charge < -0.3 is 0 Å². The lowest BCUT2D eigenvalue weighted by Gasteiger charge is -2.11. The Balaban J connectivity index is 2.65. The molecule has 0 saturated heterocycles. The number of benzene rings is 1. The second-order valence-corrected chi connectivity index (χ2v) is 6.37. The topological polar surface area (TPSA) is 99.2 Å². The Kier molecular flexibility index (Phi) is 5.75. The summed E-state index contributed by atoms with van der Waals surface area (Å²) >= 11 is 5.75. The van der Waals surface area contributed by atoms with Gasteiger partial charge in [0.25, 0.3) is 11.4 Å². The molecule has 2 rings (SSSR count). The third kappa shape index (κ3) is 4.62. The molecule has 28 heavy (non-hydrogen) atoms. The fourth-order valence-corrected chi connectivity index (χ4v) is 3.10. The van der Waals surface area contributed by atoms with Crippen molar-refractivity contribution in [2.45, 2.75) is 22.3 Å². The molecule has 0 amide bonds. The van der Waals surface area contributed by atoms with Gasteiger partial charge in [0.2, 0.25) is 0 Å². The normalized spacial score (nSPS) is 12.1. The highest BCUT2D eigenvalue weighted by Crippen LogP contribution is 2.46.